The molecule has 1 aromatic rings. The van der Waals surface area contributed by atoms with Gasteiger partial charge in [-0.05, 0) is 30.5 Å². The van der Waals surface area contributed by atoms with E-state index in [4.69, 9.17) is 5.11 Å². The molecule has 14 heavy (non-hydrogen) atoms. The van der Waals surface area contributed by atoms with Crippen molar-refractivity contribution in [3.63, 3.8) is 0 Å². The summed E-state index contributed by atoms with van der Waals surface area (Å²) in [7, 11) is 0. The van der Waals surface area contributed by atoms with Gasteiger partial charge in [-0.1, -0.05) is 12.1 Å². The van der Waals surface area contributed by atoms with Crippen LogP contribution >= 0.6 is 0 Å². The van der Waals surface area contributed by atoms with Crippen molar-refractivity contribution in [2.45, 2.75) is 19.3 Å². The Labute approximate surface area is 82.8 Å². The van der Waals surface area contributed by atoms with Gasteiger partial charge in [-0.2, -0.15) is 0 Å². The maximum atomic E-state index is 11.0. The van der Waals surface area contributed by atoms with Crippen LogP contribution in [0.1, 0.15) is 23.5 Å². The molecule has 3 heteroatoms. The maximum Gasteiger partial charge on any atom is 0.311 e. The molecule has 1 heterocycles. The average Bonchev–Trinajstić information content (AvgIpc) is 2.16. The summed E-state index contributed by atoms with van der Waals surface area (Å²) in [4.78, 5) is 11.0. The van der Waals surface area contributed by atoms with Gasteiger partial charge in [0.05, 0.1) is 5.92 Å². The van der Waals surface area contributed by atoms with E-state index in [1.807, 2.05) is 25.1 Å². The largest absolute Gasteiger partial charge is 0.481 e. The predicted octanol–water partition coefficient (Wildman–Crippen LogP) is 1.98. The van der Waals surface area contributed by atoms with Crippen molar-refractivity contribution in [1.82, 2.24) is 0 Å². The van der Waals surface area contributed by atoms with E-state index in [-0.39, 0.29) is 5.92 Å². The lowest BCUT2D eigenvalue weighted by atomic mass is 9.90. The molecular formula is C11H13NO2. The number of rotatable bonds is 1. The molecular weight excluding hydrogens is 178 g/mol. The van der Waals surface area contributed by atoms with Crippen molar-refractivity contribution in [2.24, 2.45) is 0 Å². The Hall–Kier alpha value is -1.51. The first kappa shape index (κ1) is 9.06. The van der Waals surface area contributed by atoms with Gasteiger partial charge in [0.2, 0.25) is 0 Å². The quantitative estimate of drug-likeness (QED) is 0.713. The van der Waals surface area contributed by atoms with Gasteiger partial charge in [0, 0.05) is 12.2 Å². The molecule has 3 nitrogen and oxygen atoms in total. The Morgan fingerprint density at radius 1 is 1.57 bits per heavy atom. The molecule has 2 N–H and O–H groups in total. The molecule has 74 valence electrons. The summed E-state index contributed by atoms with van der Waals surface area (Å²) in [6, 6.07) is 5.88. The minimum atomic E-state index is -0.725. The number of fused-ring (bicyclic) bond motifs is 1. The third kappa shape index (κ3) is 1.45. The number of aryl methyl sites for hydroxylation is 1. The molecule has 0 aromatic heterocycles. The number of aliphatic carboxylic acids is 1. The third-order valence-electron chi connectivity index (χ3n) is 2.63. The van der Waals surface area contributed by atoms with Gasteiger partial charge in [-0.25, -0.2) is 0 Å². The molecule has 0 aliphatic carbocycles. The molecule has 0 spiro atoms. The van der Waals surface area contributed by atoms with Crippen molar-refractivity contribution in [2.75, 3.05) is 11.9 Å². The van der Waals surface area contributed by atoms with Crippen LogP contribution in [0.15, 0.2) is 18.2 Å². The van der Waals surface area contributed by atoms with Crippen LogP contribution in [0.4, 0.5) is 5.69 Å². The lowest BCUT2D eigenvalue weighted by Crippen LogP contribution is -2.22. The topological polar surface area (TPSA) is 49.3 Å². The second-order valence-corrected chi connectivity index (χ2v) is 3.70. The van der Waals surface area contributed by atoms with Crippen LogP contribution in [0.5, 0.6) is 0 Å². The molecule has 0 fully saturated rings. The Morgan fingerprint density at radius 3 is 3.07 bits per heavy atom. The van der Waals surface area contributed by atoms with Crippen LogP contribution in [0.3, 0.4) is 0 Å². The van der Waals surface area contributed by atoms with Crippen molar-refractivity contribution in [3.8, 4) is 0 Å². The number of carbonyl (C=O) groups is 1. The fourth-order valence-electron chi connectivity index (χ4n) is 1.89. The highest BCUT2D eigenvalue weighted by molar-refractivity contribution is 5.80. The van der Waals surface area contributed by atoms with Crippen LogP contribution in [0.25, 0.3) is 0 Å². The number of carboxylic acid groups (broad SMARTS) is 1. The van der Waals surface area contributed by atoms with E-state index in [1.54, 1.807) is 0 Å². The molecule has 0 amide bonds. The molecule has 1 aromatic carbocycles. The van der Waals surface area contributed by atoms with Crippen LogP contribution < -0.4 is 5.32 Å². The van der Waals surface area contributed by atoms with E-state index < -0.39 is 5.97 Å². The first-order chi connectivity index (χ1) is 6.68. The van der Waals surface area contributed by atoms with E-state index in [2.05, 4.69) is 5.32 Å². The van der Waals surface area contributed by atoms with Crippen molar-refractivity contribution in [3.05, 3.63) is 29.3 Å². The van der Waals surface area contributed by atoms with Gasteiger partial charge in [-0.3, -0.25) is 4.79 Å². The molecule has 1 unspecified atom stereocenters. The zero-order valence-electron chi connectivity index (χ0n) is 8.08. The molecule has 1 atom stereocenters. The highest BCUT2D eigenvalue weighted by Crippen LogP contribution is 2.32. The Bertz CT molecular complexity index is 374. The summed E-state index contributed by atoms with van der Waals surface area (Å²) in [5.74, 6) is -1.07. The summed E-state index contributed by atoms with van der Waals surface area (Å²) in [5, 5.41) is 12.3. The monoisotopic (exact) mass is 191 g/mol. The van der Waals surface area contributed by atoms with Crippen LogP contribution in [-0.2, 0) is 4.79 Å². The van der Waals surface area contributed by atoms with Crippen LogP contribution in [-0.4, -0.2) is 17.6 Å². The fraction of sp³-hybridized carbons (Fsp3) is 0.364. The SMILES string of the molecule is Cc1ccc2c(c1)NCCC2C(=O)O. The minimum Gasteiger partial charge on any atom is -0.481 e. The van der Waals surface area contributed by atoms with E-state index in [9.17, 15) is 4.79 Å². The van der Waals surface area contributed by atoms with Crippen molar-refractivity contribution >= 4 is 11.7 Å². The van der Waals surface area contributed by atoms with Crippen molar-refractivity contribution < 1.29 is 9.90 Å². The standard InChI is InChI=1S/C11H13NO2/c1-7-2-3-8-9(11(13)14)4-5-12-10(8)6-7/h2-3,6,9,12H,4-5H2,1H3,(H,13,14). The maximum absolute atomic E-state index is 11.0. The van der Waals surface area contributed by atoms with E-state index in [0.29, 0.717) is 6.42 Å². The summed E-state index contributed by atoms with van der Waals surface area (Å²) >= 11 is 0. The van der Waals surface area contributed by atoms with Gasteiger partial charge in [0.1, 0.15) is 0 Å². The number of hydrogen-bond acceptors (Lipinski definition) is 2. The molecule has 0 radical (unpaired) electrons. The van der Waals surface area contributed by atoms with Gasteiger partial charge in [0.15, 0.2) is 0 Å². The highest BCUT2D eigenvalue weighted by atomic mass is 16.4. The number of benzene rings is 1. The molecule has 0 bridgehead atoms. The lowest BCUT2D eigenvalue weighted by Gasteiger charge is -2.24. The molecule has 0 saturated heterocycles. The molecule has 2 rings (SSSR count). The second-order valence-electron chi connectivity index (χ2n) is 3.70. The zero-order valence-corrected chi connectivity index (χ0v) is 8.08. The van der Waals surface area contributed by atoms with Gasteiger partial charge in [-0.15, -0.1) is 0 Å². The van der Waals surface area contributed by atoms with Gasteiger partial charge in [0.25, 0.3) is 0 Å². The molecule has 1 aliphatic heterocycles. The molecule has 0 saturated carbocycles. The smallest absolute Gasteiger partial charge is 0.311 e. The summed E-state index contributed by atoms with van der Waals surface area (Å²) in [6.07, 6.45) is 0.672. The number of anilines is 1. The Balaban J connectivity index is 2.44. The first-order valence-electron chi connectivity index (χ1n) is 4.75. The number of nitrogens with one attached hydrogen (secondary N) is 1. The van der Waals surface area contributed by atoms with E-state index in [0.717, 1.165) is 23.4 Å². The summed E-state index contributed by atoms with van der Waals surface area (Å²) in [6.45, 7) is 2.75. The third-order valence-corrected chi connectivity index (χ3v) is 2.63. The normalized spacial score (nSPS) is 19.6. The Morgan fingerprint density at radius 2 is 2.36 bits per heavy atom. The lowest BCUT2D eigenvalue weighted by molar-refractivity contribution is -0.138. The second kappa shape index (κ2) is 3.33. The van der Waals surface area contributed by atoms with Crippen LogP contribution in [0.2, 0.25) is 0 Å². The number of carboxylic acids is 1. The minimum absolute atomic E-state index is 0.341. The summed E-state index contributed by atoms with van der Waals surface area (Å²) < 4.78 is 0. The van der Waals surface area contributed by atoms with Gasteiger partial charge >= 0.3 is 5.97 Å². The van der Waals surface area contributed by atoms with E-state index >= 15 is 0 Å². The average molecular weight is 191 g/mol. The zero-order chi connectivity index (χ0) is 10.1. The van der Waals surface area contributed by atoms with Gasteiger partial charge < -0.3 is 10.4 Å². The van der Waals surface area contributed by atoms with Crippen LogP contribution in [0, 0.1) is 6.92 Å². The first-order valence-corrected chi connectivity index (χ1v) is 4.75. The van der Waals surface area contributed by atoms with E-state index in [1.165, 1.54) is 0 Å². The number of hydrogen-bond donors (Lipinski definition) is 2. The summed E-state index contributed by atoms with van der Waals surface area (Å²) in [5.41, 5.74) is 3.04. The molecule has 1 aliphatic rings. The van der Waals surface area contributed by atoms with Crippen molar-refractivity contribution in [1.29, 1.82) is 0 Å². The Kier molecular flexibility index (Phi) is 2.15. The predicted molar refractivity (Wildman–Crippen MR) is 54.7 cm³/mol. The fourth-order valence-corrected chi connectivity index (χ4v) is 1.89. The highest BCUT2D eigenvalue weighted by Gasteiger charge is 2.25.